The molecule has 3 aromatic carbocycles. The van der Waals surface area contributed by atoms with Crippen LogP contribution in [-0.2, 0) is 6.54 Å². The molecule has 34 heavy (non-hydrogen) atoms. The number of urea groups is 1. The van der Waals surface area contributed by atoms with Crippen LogP contribution in [0.4, 0.5) is 16.4 Å². The molecule has 3 heterocycles. The summed E-state index contributed by atoms with van der Waals surface area (Å²) in [5.41, 5.74) is 4.02. The third-order valence-corrected chi connectivity index (χ3v) is 6.29. The summed E-state index contributed by atoms with van der Waals surface area (Å²) in [6.07, 6.45) is 0. The first-order chi connectivity index (χ1) is 16.7. The van der Waals surface area contributed by atoms with E-state index in [1.807, 2.05) is 35.2 Å². The van der Waals surface area contributed by atoms with Crippen LogP contribution in [-0.4, -0.2) is 53.5 Å². The molecule has 1 N–H and O–H groups in total. The lowest BCUT2D eigenvalue weighted by atomic mass is 10.2. The predicted octanol–water partition coefficient (Wildman–Crippen LogP) is 4.17. The number of para-hydroxylation sites is 2. The molecule has 2 aliphatic heterocycles. The number of amides is 2. The van der Waals surface area contributed by atoms with Gasteiger partial charge < -0.3 is 29.2 Å². The Morgan fingerprint density at radius 1 is 0.882 bits per heavy atom. The maximum atomic E-state index is 12.9. The third-order valence-electron chi connectivity index (χ3n) is 6.29. The highest BCUT2D eigenvalue weighted by Gasteiger charge is 2.25. The van der Waals surface area contributed by atoms with Crippen molar-refractivity contribution in [3.63, 3.8) is 0 Å². The average molecular weight is 456 g/mol. The summed E-state index contributed by atoms with van der Waals surface area (Å²) in [5, 5.41) is 2.97. The highest BCUT2D eigenvalue weighted by atomic mass is 16.7. The molecule has 0 bridgehead atoms. The zero-order valence-corrected chi connectivity index (χ0v) is 18.7. The van der Waals surface area contributed by atoms with E-state index in [2.05, 4.69) is 51.2 Å². The van der Waals surface area contributed by atoms with Crippen molar-refractivity contribution in [1.29, 1.82) is 0 Å². The second kappa shape index (κ2) is 8.62. The van der Waals surface area contributed by atoms with Crippen LogP contribution in [0, 0.1) is 0 Å². The smallest absolute Gasteiger partial charge is 0.321 e. The van der Waals surface area contributed by atoms with Crippen LogP contribution in [0.25, 0.3) is 11.0 Å². The number of ether oxygens (including phenoxy) is 2. The van der Waals surface area contributed by atoms with Gasteiger partial charge in [0.1, 0.15) is 0 Å². The first-order valence-electron chi connectivity index (χ1n) is 11.4. The van der Waals surface area contributed by atoms with Crippen molar-refractivity contribution in [2.45, 2.75) is 6.54 Å². The van der Waals surface area contributed by atoms with Crippen molar-refractivity contribution in [3.8, 4) is 11.5 Å². The van der Waals surface area contributed by atoms with E-state index >= 15 is 0 Å². The summed E-state index contributed by atoms with van der Waals surface area (Å²) in [6, 6.07) is 24.0. The highest BCUT2D eigenvalue weighted by molar-refractivity contribution is 5.90. The van der Waals surface area contributed by atoms with E-state index in [0.717, 1.165) is 23.5 Å². The molecule has 0 unspecified atom stereocenters. The Balaban J connectivity index is 1.17. The largest absolute Gasteiger partial charge is 0.454 e. The topological polar surface area (TPSA) is 71.9 Å². The van der Waals surface area contributed by atoms with E-state index in [0.29, 0.717) is 43.4 Å². The van der Waals surface area contributed by atoms with E-state index in [1.165, 1.54) is 5.56 Å². The number of piperazine rings is 1. The number of hydrogen-bond donors (Lipinski definition) is 1. The highest BCUT2D eigenvalue weighted by Crippen LogP contribution is 2.34. The number of anilines is 2. The Morgan fingerprint density at radius 2 is 1.65 bits per heavy atom. The number of rotatable bonds is 4. The summed E-state index contributed by atoms with van der Waals surface area (Å²) in [6.45, 7) is 3.63. The van der Waals surface area contributed by atoms with Crippen molar-refractivity contribution in [2.24, 2.45) is 0 Å². The second-order valence-corrected chi connectivity index (χ2v) is 8.44. The number of fused-ring (bicyclic) bond motifs is 2. The molecule has 8 heteroatoms. The molecule has 1 fully saturated rings. The quantitative estimate of drug-likeness (QED) is 0.500. The summed E-state index contributed by atoms with van der Waals surface area (Å²) in [7, 11) is 0. The molecule has 6 rings (SSSR count). The van der Waals surface area contributed by atoms with Crippen LogP contribution in [0.1, 0.15) is 5.56 Å². The van der Waals surface area contributed by atoms with Crippen molar-refractivity contribution in [1.82, 2.24) is 14.5 Å². The van der Waals surface area contributed by atoms with Gasteiger partial charge in [0.05, 0.1) is 17.6 Å². The average Bonchev–Trinajstić information content (AvgIpc) is 3.49. The minimum absolute atomic E-state index is 0.115. The lowest BCUT2D eigenvalue weighted by molar-refractivity contribution is 0.174. The van der Waals surface area contributed by atoms with E-state index in [9.17, 15) is 4.79 Å². The molecule has 0 saturated carbocycles. The van der Waals surface area contributed by atoms with Crippen LogP contribution in [0.15, 0.2) is 72.8 Å². The van der Waals surface area contributed by atoms with Crippen LogP contribution >= 0.6 is 0 Å². The Morgan fingerprint density at radius 3 is 2.50 bits per heavy atom. The van der Waals surface area contributed by atoms with Crippen LogP contribution in [0.5, 0.6) is 11.5 Å². The van der Waals surface area contributed by atoms with Gasteiger partial charge in [-0.15, -0.1) is 0 Å². The molecule has 2 aliphatic rings. The van der Waals surface area contributed by atoms with Gasteiger partial charge in [-0.25, -0.2) is 9.78 Å². The zero-order valence-electron chi connectivity index (χ0n) is 18.7. The predicted molar refractivity (Wildman–Crippen MR) is 131 cm³/mol. The second-order valence-electron chi connectivity index (χ2n) is 8.44. The lowest BCUT2D eigenvalue weighted by Crippen LogP contribution is -2.50. The fraction of sp³-hybridized carbons (Fsp3) is 0.231. The molecule has 0 aliphatic carbocycles. The van der Waals surface area contributed by atoms with Crippen molar-refractivity contribution in [2.75, 3.05) is 43.2 Å². The van der Waals surface area contributed by atoms with E-state index in [-0.39, 0.29) is 12.8 Å². The minimum Gasteiger partial charge on any atom is -0.454 e. The molecule has 4 aromatic rings. The number of nitrogens with one attached hydrogen (secondary N) is 1. The van der Waals surface area contributed by atoms with Gasteiger partial charge >= 0.3 is 6.03 Å². The fourth-order valence-electron chi connectivity index (χ4n) is 4.51. The maximum absolute atomic E-state index is 12.9. The molecular formula is C26H25N5O3. The minimum atomic E-state index is -0.115. The van der Waals surface area contributed by atoms with Crippen molar-refractivity contribution in [3.05, 3.63) is 78.4 Å². The van der Waals surface area contributed by atoms with E-state index < -0.39 is 0 Å². The maximum Gasteiger partial charge on any atom is 0.321 e. The molecule has 1 aromatic heterocycles. The van der Waals surface area contributed by atoms with Crippen molar-refractivity contribution < 1.29 is 14.3 Å². The van der Waals surface area contributed by atoms with Gasteiger partial charge in [0.15, 0.2) is 11.5 Å². The van der Waals surface area contributed by atoms with Gasteiger partial charge in [-0.05, 0) is 29.8 Å². The van der Waals surface area contributed by atoms with Gasteiger partial charge in [0.2, 0.25) is 12.7 Å². The van der Waals surface area contributed by atoms with Crippen molar-refractivity contribution >= 4 is 28.7 Å². The Kier molecular flexibility index (Phi) is 5.18. The van der Waals surface area contributed by atoms with Gasteiger partial charge in [0.25, 0.3) is 0 Å². The number of carbonyl (C=O) groups is 1. The molecule has 1 saturated heterocycles. The zero-order chi connectivity index (χ0) is 22.9. The number of hydrogen-bond acceptors (Lipinski definition) is 5. The lowest BCUT2D eigenvalue weighted by Gasteiger charge is -2.35. The van der Waals surface area contributed by atoms with E-state index in [1.54, 1.807) is 6.07 Å². The fourth-order valence-corrected chi connectivity index (χ4v) is 4.51. The molecule has 8 nitrogen and oxygen atoms in total. The molecule has 0 atom stereocenters. The number of imidazole rings is 1. The normalized spacial score (nSPS) is 15.1. The first kappa shape index (κ1) is 20.4. The number of benzene rings is 3. The number of carbonyl (C=O) groups excluding carboxylic acids is 1. The Labute approximate surface area is 197 Å². The van der Waals surface area contributed by atoms with Gasteiger partial charge in [-0.2, -0.15) is 0 Å². The molecule has 172 valence electrons. The summed E-state index contributed by atoms with van der Waals surface area (Å²) < 4.78 is 13.0. The molecular weight excluding hydrogens is 430 g/mol. The van der Waals surface area contributed by atoms with E-state index in [4.69, 9.17) is 14.5 Å². The molecule has 0 spiro atoms. The van der Waals surface area contributed by atoms with Crippen LogP contribution in [0.3, 0.4) is 0 Å². The molecule has 2 amide bonds. The third kappa shape index (κ3) is 3.87. The van der Waals surface area contributed by atoms with Gasteiger partial charge in [-0.3, -0.25) is 0 Å². The van der Waals surface area contributed by atoms with Crippen LogP contribution < -0.4 is 19.7 Å². The Hall–Kier alpha value is -4.20. The summed E-state index contributed by atoms with van der Waals surface area (Å²) in [4.78, 5) is 21.9. The number of nitrogens with zero attached hydrogens (tertiary/aromatic N) is 4. The molecule has 0 radical (unpaired) electrons. The van der Waals surface area contributed by atoms with Gasteiger partial charge in [-0.1, -0.05) is 42.5 Å². The Bertz CT molecular complexity index is 1330. The standard InChI is InChI=1S/C26H25N5O3/c32-26(27-20-10-11-23-24(16-20)34-18-33-23)30-14-12-29(13-15-30)25-28-21-8-4-5-9-22(21)31(25)17-19-6-2-1-3-7-19/h1-11,16H,12-15,17-18H2,(H,27,32). The SMILES string of the molecule is O=C(Nc1ccc2c(c1)OCO2)N1CCN(c2nc3ccccc3n2Cc2ccccc2)CC1. The van der Waals surface area contributed by atoms with Gasteiger partial charge in [0, 0.05) is 37.9 Å². The summed E-state index contributed by atoms with van der Waals surface area (Å²) in [5.74, 6) is 2.30. The number of aromatic nitrogens is 2. The monoisotopic (exact) mass is 455 g/mol. The first-order valence-corrected chi connectivity index (χ1v) is 11.4. The van der Waals surface area contributed by atoms with Crippen LogP contribution in [0.2, 0.25) is 0 Å². The summed E-state index contributed by atoms with van der Waals surface area (Å²) >= 11 is 0.